The number of carbonyl (C=O) groups is 1. The lowest BCUT2D eigenvalue weighted by molar-refractivity contribution is -0.142. The van der Waals surface area contributed by atoms with Crippen molar-refractivity contribution >= 4 is 5.97 Å². The Morgan fingerprint density at radius 3 is 2.70 bits per heavy atom. The molecular weight excluding hydrogens is 332 g/mol. The van der Waals surface area contributed by atoms with Crippen molar-refractivity contribution in [2.75, 3.05) is 6.61 Å². The number of carbonyl (C=O) groups excluding carboxylic acids is 1. The van der Waals surface area contributed by atoms with Gasteiger partial charge in [-0.2, -0.15) is 0 Å². The molecule has 0 heterocycles. The van der Waals surface area contributed by atoms with E-state index in [0.29, 0.717) is 18.4 Å². The van der Waals surface area contributed by atoms with Gasteiger partial charge in [0.05, 0.1) is 0 Å². The Morgan fingerprint density at radius 2 is 1.85 bits per heavy atom. The second-order valence-electron chi connectivity index (χ2n) is 10.4. The van der Waals surface area contributed by atoms with Crippen LogP contribution in [0.3, 0.4) is 0 Å². The summed E-state index contributed by atoms with van der Waals surface area (Å²) in [4.78, 5) is 11.7. The second-order valence-corrected chi connectivity index (χ2v) is 10.4. The third-order valence-corrected chi connectivity index (χ3v) is 9.37. The minimum atomic E-state index is -0.0447. The van der Waals surface area contributed by atoms with Gasteiger partial charge in [-0.1, -0.05) is 32.4 Å². The molecule has 7 atom stereocenters. The van der Waals surface area contributed by atoms with Crippen LogP contribution in [0, 0.1) is 40.9 Å². The van der Waals surface area contributed by atoms with Crippen molar-refractivity contribution in [3.8, 4) is 0 Å². The summed E-state index contributed by atoms with van der Waals surface area (Å²) in [5.41, 5.74) is 0.666. The van der Waals surface area contributed by atoms with Gasteiger partial charge in [-0.3, -0.25) is 4.79 Å². The first-order chi connectivity index (χ1) is 13.1. The summed E-state index contributed by atoms with van der Waals surface area (Å²) in [5.74, 6) is 5.86. The maximum atomic E-state index is 11.7. The predicted octanol–water partition coefficient (Wildman–Crippen LogP) is 6.54. The van der Waals surface area contributed by atoms with Crippen LogP contribution in [0.5, 0.6) is 0 Å². The van der Waals surface area contributed by atoms with Crippen molar-refractivity contribution in [3.63, 3.8) is 0 Å². The molecule has 27 heavy (non-hydrogen) atoms. The molecule has 0 amide bonds. The summed E-state index contributed by atoms with van der Waals surface area (Å²) in [6.45, 7) is 6.64. The topological polar surface area (TPSA) is 26.3 Å². The molecule has 7 unspecified atom stereocenters. The fraction of sp³-hybridized carbons (Fsp3) is 0.880. The Kier molecular flexibility index (Phi) is 6.00. The molecule has 2 heteroatoms. The highest BCUT2D eigenvalue weighted by molar-refractivity contribution is 5.69. The molecule has 0 aromatic heterocycles. The molecule has 2 nitrogen and oxygen atoms in total. The first-order valence-electron chi connectivity index (χ1n) is 11.9. The zero-order chi connectivity index (χ0) is 18.9. The molecule has 0 N–H and O–H groups in total. The second kappa shape index (κ2) is 8.29. The Balaban J connectivity index is 1.32. The van der Waals surface area contributed by atoms with Crippen molar-refractivity contribution in [3.05, 3.63) is 12.7 Å². The predicted molar refractivity (Wildman–Crippen MR) is 110 cm³/mol. The minimum absolute atomic E-state index is 0.0447. The van der Waals surface area contributed by atoms with E-state index >= 15 is 0 Å². The maximum Gasteiger partial charge on any atom is 0.306 e. The van der Waals surface area contributed by atoms with Crippen LogP contribution in [0.15, 0.2) is 12.7 Å². The number of hydrogen-bond acceptors (Lipinski definition) is 2. The van der Waals surface area contributed by atoms with Crippen LogP contribution in [0.25, 0.3) is 0 Å². The third-order valence-electron chi connectivity index (χ3n) is 9.37. The fourth-order valence-corrected chi connectivity index (χ4v) is 8.16. The Morgan fingerprint density at radius 1 is 1.04 bits per heavy atom. The molecular formula is C25H40O2. The normalized spacial score (nSPS) is 43.3. The highest BCUT2D eigenvalue weighted by atomic mass is 16.5. The van der Waals surface area contributed by atoms with E-state index in [1.165, 1.54) is 70.6 Å². The largest absolute Gasteiger partial charge is 0.461 e. The molecule has 152 valence electrons. The summed E-state index contributed by atoms with van der Waals surface area (Å²) in [6, 6.07) is 0. The van der Waals surface area contributed by atoms with Gasteiger partial charge >= 0.3 is 5.97 Å². The van der Waals surface area contributed by atoms with Crippen molar-refractivity contribution in [1.82, 2.24) is 0 Å². The minimum Gasteiger partial charge on any atom is -0.461 e. The average molecular weight is 373 g/mol. The first kappa shape index (κ1) is 19.5. The number of hydrogen-bond donors (Lipinski definition) is 0. The number of esters is 1. The lowest BCUT2D eigenvalue weighted by atomic mass is 9.47. The quantitative estimate of drug-likeness (QED) is 0.390. The monoisotopic (exact) mass is 372 g/mol. The van der Waals surface area contributed by atoms with Crippen LogP contribution in [0.4, 0.5) is 0 Å². The summed E-state index contributed by atoms with van der Waals surface area (Å²) < 4.78 is 5.14. The molecule has 4 rings (SSSR count). The van der Waals surface area contributed by atoms with Crippen LogP contribution in [0.1, 0.15) is 90.4 Å². The van der Waals surface area contributed by atoms with Gasteiger partial charge in [-0.25, -0.2) is 0 Å². The summed E-state index contributed by atoms with van der Waals surface area (Å²) in [5, 5.41) is 0. The van der Waals surface area contributed by atoms with Crippen LogP contribution >= 0.6 is 0 Å². The number of fused-ring (bicyclic) bond motifs is 5. The highest BCUT2D eigenvalue weighted by Crippen LogP contribution is 2.64. The molecule has 4 aliphatic carbocycles. The Bertz CT molecular complexity index is 540. The maximum absolute atomic E-state index is 11.7. The number of ether oxygens (including phenoxy) is 1. The van der Waals surface area contributed by atoms with Crippen molar-refractivity contribution in [1.29, 1.82) is 0 Å². The molecule has 0 saturated heterocycles. The zero-order valence-electron chi connectivity index (χ0n) is 17.5. The van der Waals surface area contributed by atoms with Gasteiger partial charge in [0.15, 0.2) is 0 Å². The number of rotatable bonds is 6. The zero-order valence-corrected chi connectivity index (χ0v) is 17.5. The SMILES string of the molecule is C=CCOC(=O)CCCC1CCC2C1CCC1C2CCC2CCCCC21C. The smallest absolute Gasteiger partial charge is 0.306 e. The van der Waals surface area contributed by atoms with Gasteiger partial charge in [-0.05, 0) is 105 Å². The molecule has 0 radical (unpaired) electrons. The lowest BCUT2D eigenvalue weighted by Crippen LogP contribution is -2.50. The molecule has 0 aromatic rings. The molecule has 0 aliphatic heterocycles. The van der Waals surface area contributed by atoms with E-state index < -0.39 is 0 Å². The molecule has 4 saturated carbocycles. The van der Waals surface area contributed by atoms with E-state index in [0.717, 1.165) is 41.9 Å². The van der Waals surface area contributed by atoms with E-state index in [1.807, 2.05) is 0 Å². The van der Waals surface area contributed by atoms with Gasteiger partial charge in [0.1, 0.15) is 6.61 Å². The summed E-state index contributed by atoms with van der Waals surface area (Å²) in [6.07, 6.45) is 19.4. The van der Waals surface area contributed by atoms with Crippen LogP contribution in [0.2, 0.25) is 0 Å². The Hall–Kier alpha value is -0.790. The van der Waals surface area contributed by atoms with Crippen molar-refractivity contribution in [2.24, 2.45) is 40.9 Å². The van der Waals surface area contributed by atoms with Crippen LogP contribution < -0.4 is 0 Å². The molecule has 0 bridgehead atoms. The van der Waals surface area contributed by atoms with Crippen molar-refractivity contribution in [2.45, 2.75) is 90.4 Å². The van der Waals surface area contributed by atoms with E-state index in [9.17, 15) is 4.79 Å². The molecule has 0 aromatic carbocycles. The van der Waals surface area contributed by atoms with Gasteiger partial charge < -0.3 is 4.74 Å². The van der Waals surface area contributed by atoms with Gasteiger partial charge in [0.2, 0.25) is 0 Å². The molecule has 0 spiro atoms. The van der Waals surface area contributed by atoms with Crippen LogP contribution in [-0.2, 0) is 9.53 Å². The van der Waals surface area contributed by atoms with E-state index in [2.05, 4.69) is 13.5 Å². The van der Waals surface area contributed by atoms with Crippen LogP contribution in [-0.4, -0.2) is 12.6 Å². The highest BCUT2D eigenvalue weighted by Gasteiger charge is 2.55. The Labute approximate surface area is 166 Å². The van der Waals surface area contributed by atoms with Gasteiger partial charge in [-0.15, -0.1) is 0 Å². The third kappa shape index (κ3) is 3.75. The van der Waals surface area contributed by atoms with Crippen molar-refractivity contribution < 1.29 is 9.53 Å². The van der Waals surface area contributed by atoms with Gasteiger partial charge in [0.25, 0.3) is 0 Å². The standard InChI is InChI=1S/C25H40O2/c1-3-17-27-24(26)9-6-7-18-10-12-21-20(18)14-15-23-22(21)13-11-19-8-4-5-16-25(19,23)2/h3,18-23H,1,4-17H2,2H3. The lowest BCUT2D eigenvalue weighted by Gasteiger charge is -2.58. The first-order valence-corrected chi connectivity index (χ1v) is 11.9. The van der Waals surface area contributed by atoms with Gasteiger partial charge in [0, 0.05) is 6.42 Å². The van der Waals surface area contributed by atoms with E-state index in [-0.39, 0.29) is 5.97 Å². The summed E-state index contributed by atoms with van der Waals surface area (Å²) in [7, 11) is 0. The molecule has 4 aliphatic rings. The molecule has 4 fully saturated rings. The average Bonchev–Trinajstić information content (AvgIpc) is 3.09. The van der Waals surface area contributed by atoms with E-state index in [1.54, 1.807) is 6.08 Å². The fourth-order valence-electron chi connectivity index (χ4n) is 8.16. The van der Waals surface area contributed by atoms with E-state index in [4.69, 9.17) is 4.74 Å². The summed E-state index contributed by atoms with van der Waals surface area (Å²) >= 11 is 0.